The number of rotatable bonds is 2. The fourth-order valence-electron chi connectivity index (χ4n) is 3.81. The lowest BCUT2D eigenvalue weighted by atomic mass is 9.99. The number of likely N-dealkylation sites (tertiary alicyclic amines) is 1. The fourth-order valence-corrected chi connectivity index (χ4v) is 3.81. The first kappa shape index (κ1) is 13.2. The molecule has 0 N–H and O–H groups in total. The third-order valence-corrected chi connectivity index (χ3v) is 5.08. The van der Waals surface area contributed by atoms with E-state index >= 15 is 0 Å². The molecule has 19 heavy (non-hydrogen) atoms. The van der Waals surface area contributed by atoms with Crippen LogP contribution in [0.1, 0.15) is 55.7 Å². The third-order valence-electron chi connectivity index (χ3n) is 5.08. The van der Waals surface area contributed by atoms with Gasteiger partial charge in [0.2, 0.25) is 0 Å². The van der Waals surface area contributed by atoms with Crippen LogP contribution in [-0.2, 0) is 19.3 Å². The van der Waals surface area contributed by atoms with Crippen LogP contribution in [0.25, 0.3) is 0 Å². The minimum atomic E-state index is 0.845. The molecule has 1 aromatic carbocycles. The quantitative estimate of drug-likeness (QED) is 0.724. The Morgan fingerprint density at radius 2 is 1.74 bits per heavy atom. The molecule has 104 valence electrons. The number of hydrogen-bond acceptors (Lipinski definition) is 1. The first-order valence-corrected chi connectivity index (χ1v) is 8.21. The summed E-state index contributed by atoms with van der Waals surface area (Å²) in [5.74, 6) is 0. The Balaban J connectivity index is 1.69. The Labute approximate surface area is 118 Å². The van der Waals surface area contributed by atoms with Crippen LogP contribution in [0.5, 0.6) is 0 Å². The van der Waals surface area contributed by atoms with Gasteiger partial charge in [-0.25, -0.2) is 0 Å². The molecule has 2 aliphatic rings. The number of piperidine rings is 1. The highest BCUT2D eigenvalue weighted by Gasteiger charge is 2.23. The molecule has 1 aliphatic carbocycles. The lowest BCUT2D eigenvalue weighted by Crippen LogP contribution is -2.39. The van der Waals surface area contributed by atoms with Crippen molar-refractivity contribution in [1.29, 1.82) is 0 Å². The summed E-state index contributed by atoms with van der Waals surface area (Å²) in [6.07, 6.45) is 10.8. The molecule has 1 saturated heterocycles. The van der Waals surface area contributed by atoms with Gasteiger partial charge in [-0.3, -0.25) is 0 Å². The van der Waals surface area contributed by atoms with Crippen LogP contribution in [0, 0.1) is 0 Å². The Morgan fingerprint density at radius 3 is 2.47 bits per heavy atom. The van der Waals surface area contributed by atoms with Gasteiger partial charge in [-0.15, -0.1) is 0 Å². The van der Waals surface area contributed by atoms with E-state index in [4.69, 9.17) is 0 Å². The maximum absolute atomic E-state index is 2.77. The van der Waals surface area contributed by atoms with E-state index in [2.05, 4.69) is 30.0 Å². The highest BCUT2D eigenvalue weighted by atomic mass is 15.2. The van der Waals surface area contributed by atoms with Gasteiger partial charge >= 0.3 is 0 Å². The van der Waals surface area contributed by atoms with Gasteiger partial charge in [0.05, 0.1) is 0 Å². The lowest BCUT2D eigenvalue weighted by molar-refractivity contribution is 0.150. The molecule has 1 fully saturated rings. The number of hydrogen-bond donors (Lipinski definition) is 0. The van der Waals surface area contributed by atoms with E-state index in [1.807, 2.05) is 0 Å². The summed E-state index contributed by atoms with van der Waals surface area (Å²) in [6.45, 7) is 4.96. The Morgan fingerprint density at radius 1 is 1.00 bits per heavy atom. The molecule has 1 atom stereocenters. The maximum atomic E-state index is 2.77. The molecule has 0 bridgehead atoms. The zero-order valence-corrected chi connectivity index (χ0v) is 12.3. The van der Waals surface area contributed by atoms with Gasteiger partial charge in [0.25, 0.3) is 0 Å². The fraction of sp³-hybridized carbons (Fsp3) is 0.667. The van der Waals surface area contributed by atoms with Crippen LogP contribution in [0.4, 0.5) is 0 Å². The van der Waals surface area contributed by atoms with E-state index in [1.54, 1.807) is 11.1 Å². The summed E-state index contributed by atoms with van der Waals surface area (Å²) in [5.41, 5.74) is 4.77. The summed E-state index contributed by atoms with van der Waals surface area (Å²) in [6, 6.07) is 8.04. The summed E-state index contributed by atoms with van der Waals surface area (Å²) < 4.78 is 0. The SMILES string of the molecule is CCc1ccc2c(c1)CCC(N1CCCCC1)CC2. The third kappa shape index (κ3) is 3.02. The molecule has 1 heteroatoms. The lowest BCUT2D eigenvalue weighted by Gasteiger charge is -2.34. The van der Waals surface area contributed by atoms with Crippen molar-refractivity contribution >= 4 is 0 Å². The van der Waals surface area contributed by atoms with Crippen molar-refractivity contribution in [3.05, 3.63) is 34.9 Å². The second-order valence-electron chi connectivity index (χ2n) is 6.28. The highest BCUT2D eigenvalue weighted by Crippen LogP contribution is 2.26. The molecule has 1 nitrogen and oxygen atoms in total. The van der Waals surface area contributed by atoms with E-state index in [0.717, 1.165) is 6.04 Å². The average molecular weight is 257 g/mol. The molecule has 1 aromatic rings. The van der Waals surface area contributed by atoms with Gasteiger partial charge in [0.1, 0.15) is 0 Å². The normalized spacial score (nSPS) is 24.8. The minimum absolute atomic E-state index is 0.845. The highest BCUT2D eigenvalue weighted by molar-refractivity contribution is 5.33. The Hall–Kier alpha value is -0.820. The smallest absolute Gasteiger partial charge is 0.0102 e. The zero-order chi connectivity index (χ0) is 13.1. The Kier molecular flexibility index (Phi) is 4.22. The standard InChI is InChI=1S/C18H27N/c1-2-15-6-7-16-8-10-18(11-9-17(16)14-15)19-12-4-3-5-13-19/h6-7,14,18H,2-5,8-13H2,1H3. The van der Waals surface area contributed by atoms with Crippen LogP contribution in [0.15, 0.2) is 18.2 Å². The van der Waals surface area contributed by atoms with Crippen LogP contribution in [-0.4, -0.2) is 24.0 Å². The number of benzene rings is 1. The van der Waals surface area contributed by atoms with Crippen LogP contribution >= 0.6 is 0 Å². The number of nitrogens with zero attached hydrogens (tertiary/aromatic N) is 1. The molecular formula is C18H27N. The van der Waals surface area contributed by atoms with Gasteiger partial charge in [-0.2, -0.15) is 0 Å². The second kappa shape index (κ2) is 6.09. The van der Waals surface area contributed by atoms with Crippen molar-refractivity contribution in [2.24, 2.45) is 0 Å². The van der Waals surface area contributed by atoms with Gasteiger partial charge in [-0.1, -0.05) is 31.5 Å². The van der Waals surface area contributed by atoms with Gasteiger partial charge in [0, 0.05) is 6.04 Å². The molecular weight excluding hydrogens is 230 g/mol. The second-order valence-corrected chi connectivity index (χ2v) is 6.28. The van der Waals surface area contributed by atoms with Crippen molar-refractivity contribution in [2.75, 3.05) is 13.1 Å². The van der Waals surface area contributed by atoms with Crippen molar-refractivity contribution in [1.82, 2.24) is 4.90 Å². The maximum Gasteiger partial charge on any atom is 0.0102 e. The van der Waals surface area contributed by atoms with Gasteiger partial charge in [0.15, 0.2) is 0 Å². The first-order chi connectivity index (χ1) is 9.36. The molecule has 0 radical (unpaired) electrons. The van der Waals surface area contributed by atoms with Gasteiger partial charge < -0.3 is 4.90 Å². The summed E-state index contributed by atoms with van der Waals surface area (Å²) >= 11 is 0. The van der Waals surface area contributed by atoms with Crippen molar-refractivity contribution in [3.8, 4) is 0 Å². The van der Waals surface area contributed by atoms with Crippen LogP contribution in [0.2, 0.25) is 0 Å². The monoisotopic (exact) mass is 257 g/mol. The Bertz CT molecular complexity index is 418. The predicted octanol–water partition coefficient (Wildman–Crippen LogP) is 3.98. The summed E-state index contributed by atoms with van der Waals surface area (Å²) in [5, 5.41) is 0. The molecule has 0 spiro atoms. The van der Waals surface area contributed by atoms with E-state index in [0.29, 0.717) is 0 Å². The zero-order valence-electron chi connectivity index (χ0n) is 12.3. The first-order valence-electron chi connectivity index (χ1n) is 8.21. The molecule has 0 saturated carbocycles. The summed E-state index contributed by atoms with van der Waals surface area (Å²) in [4.78, 5) is 2.77. The van der Waals surface area contributed by atoms with Crippen LogP contribution in [0.3, 0.4) is 0 Å². The predicted molar refractivity (Wildman–Crippen MR) is 81.7 cm³/mol. The van der Waals surface area contributed by atoms with Crippen molar-refractivity contribution in [3.63, 3.8) is 0 Å². The topological polar surface area (TPSA) is 3.24 Å². The molecule has 1 heterocycles. The minimum Gasteiger partial charge on any atom is -0.300 e. The molecule has 0 amide bonds. The molecule has 1 unspecified atom stereocenters. The molecule has 0 aromatic heterocycles. The van der Waals surface area contributed by atoms with E-state index in [-0.39, 0.29) is 0 Å². The van der Waals surface area contributed by atoms with E-state index in [9.17, 15) is 0 Å². The summed E-state index contributed by atoms with van der Waals surface area (Å²) in [7, 11) is 0. The van der Waals surface area contributed by atoms with Crippen molar-refractivity contribution < 1.29 is 0 Å². The van der Waals surface area contributed by atoms with Gasteiger partial charge in [-0.05, 0) is 74.7 Å². The van der Waals surface area contributed by atoms with E-state index < -0.39 is 0 Å². The van der Waals surface area contributed by atoms with Crippen molar-refractivity contribution in [2.45, 2.75) is 64.3 Å². The largest absolute Gasteiger partial charge is 0.300 e. The molecule has 3 rings (SSSR count). The number of aryl methyl sites for hydroxylation is 3. The number of fused-ring (bicyclic) bond motifs is 1. The molecule has 1 aliphatic heterocycles. The van der Waals surface area contributed by atoms with E-state index in [1.165, 1.54) is 70.0 Å². The van der Waals surface area contributed by atoms with Crippen LogP contribution < -0.4 is 0 Å². The average Bonchev–Trinajstić information content (AvgIpc) is 2.70.